The van der Waals surface area contributed by atoms with Gasteiger partial charge >= 0.3 is 18.3 Å². The van der Waals surface area contributed by atoms with Gasteiger partial charge in [0.05, 0.1) is 21.2 Å². The van der Waals surface area contributed by atoms with Gasteiger partial charge in [0, 0.05) is 61.4 Å². The molecule has 0 spiro atoms. The first-order valence-corrected chi connectivity index (χ1v) is 20.7. The van der Waals surface area contributed by atoms with Gasteiger partial charge in [-0.3, -0.25) is 38.7 Å². The molecular weight excluding hydrogens is 993 g/mol. The summed E-state index contributed by atoms with van der Waals surface area (Å²) < 4.78 is 87.5. The highest BCUT2D eigenvalue weighted by Gasteiger charge is 2.34. The molecule has 2 heterocycles. The zero-order valence-electron chi connectivity index (χ0n) is 36.7. The fraction of sp³-hybridized carbons (Fsp3) is 0.130. The van der Waals surface area contributed by atoms with Gasteiger partial charge in [-0.15, -0.1) is 0 Å². The van der Waals surface area contributed by atoms with Gasteiger partial charge in [-0.05, 0) is 97.1 Å². The maximum absolute atomic E-state index is 12.9. The van der Waals surface area contributed by atoms with Crippen molar-refractivity contribution < 1.29 is 69.7 Å². The highest BCUT2D eigenvalue weighted by molar-refractivity contribution is 6.32. The number of aromatic nitrogens is 2. The van der Waals surface area contributed by atoms with Crippen LogP contribution < -0.4 is 41.8 Å². The molecule has 0 fully saturated rings. The van der Waals surface area contributed by atoms with E-state index in [1.54, 1.807) is 61.6 Å². The molecule has 6 rings (SSSR count). The number of carboxylic acids is 1. The van der Waals surface area contributed by atoms with Crippen molar-refractivity contribution in [3.63, 3.8) is 0 Å². The minimum Gasteiger partial charge on any atom is -0.481 e. The van der Waals surface area contributed by atoms with Crippen LogP contribution in [0.2, 0.25) is 10.0 Å². The fourth-order valence-corrected chi connectivity index (χ4v) is 5.86. The number of carbonyl (C=O) groups excluding carboxylic acids is 5. The Hall–Kier alpha value is -8.44. The quantitative estimate of drug-likeness (QED) is 0.0324. The number of aliphatic carboxylic acids is 1. The molecule has 0 aliphatic carbocycles. The highest BCUT2D eigenvalue weighted by Crippen LogP contribution is 2.37. The van der Waals surface area contributed by atoms with E-state index in [0.717, 1.165) is 18.2 Å². The first-order chi connectivity index (χ1) is 33.4. The number of hydrogen-bond acceptors (Lipinski definition) is 11. The van der Waals surface area contributed by atoms with Crippen LogP contribution in [0.25, 0.3) is 0 Å². The molecule has 0 radical (unpaired) electrons. The molecule has 25 heteroatoms. The van der Waals surface area contributed by atoms with Crippen molar-refractivity contribution in [2.24, 2.45) is 0 Å². The van der Waals surface area contributed by atoms with Crippen molar-refractivity contribution in [1.29, 1.82) is 0 Å². The molecule has 0 aliphatic rings. The zero-order chi connectivity index (χ0) is 52.5. The van der Waals surface area contributed by atoms with Crippen molar-refractivity contribution in [3.05, 3.63) is 154 Å². The molecule has 0 saturated heterocycles. The summed E-state index contributed by atoms with van der Waals surface area (Å²) >= 11 is 10.9. The standard InChI is InChI=1S/C23H18ClF3N4O4.C13H13N3O2.C10H7ClF3NO3/c1-28-22(34)19-11-16(8-9-29-19)35-15-5-2-13(3-6-15)30-20(32)12-21(33)31-14-4-7-18(24)17(10-14)23(25,26)27;1-15-13(17)12-8-11(6-7-16-12)18-10-4-2-9(14)3-5-10;11-7-2-1-5(3-6(7)10(12,13)14)15-8(16)4-9(17)18/h2-11H,12H2,1H3,(H,28,34)(H,30,32)(H,31,33);2-8H,14H2,1H3,(H,15,17);1-3H,4H2,(H,15,16)(H,17,18). The topological polar surface area (TPSA) is 253 Å². The lowest BCUT2D eigenvalue weighted by Crippen LogP contribution is -2.21. The van der Waals surface area contributed by atoms with E-state index >= 15 is 0 Å². The molecule has 0 saturated carbocycles. The van der Waals surface area contributed by atoms with E-state index in [0.29, 0.717) is 52.2 Å². The van der Waals surface area contributed by atoms with E-state index in [9.17, 15) is 55.1 Å². The zero-order valence-corrected chi connectivity index (χ0v) is 38.2. The number of nitrogens with two attached hydrogens (primary N) is 1. The monoisotopic (exact) mass is 1030 g/mol. The Bertz CT molecular complexity index is 2870. The van der Waals surface area contributed by atoms with E-state index in [-0.39, 0.29) is 28.9 Å². The van der Waals surface area contributed by atoms with Crippen LogP contribution in [0.4, 0.5) is 49.1 Å². The van der Waals surface area contributed by atoms with E-state index in [4.69, 9.17) is 43.5 Å². The van der Waals surface area contributed by atoms with Crippen molar-refractivity contribution in [3.8, 4) is 23.0 Å². The number of nitrogens with zero attached hydrogens (tertiary/aromatic N) is 2. The molecule has 0 atom stereocenters. The molecule has 8 N–H and O–H groups in total. The summed E-state index contributed by atoms with van der Waals surface area (Å²) in [7, 11) is 3.03. The number of carboxylic acid groups (broad SMARTS) is 1. The molecule has 372 valence electrons. The number of anilines is 4. The van der Waals surface area contributed by atoms with Crippen LogP contribution in [-0.4, -0.2) is 64.7 Å². The Morgan fingerprint density at radius 1 is 0.535 bits per heavy atom. The van der Waals surface area contributed by atoms with Crippen LogP contribution in [0.5, 0.6) is 23.0 Å². The second-order valence-electron chi connectivity index (χ2n) is 14.0. The van der Waals surface area contributed by atoms with Crippen LogP contribution in [-0.2, 0) is 31.5 Å². The largest absolute Gasteiger partial charge is 0.481 e. The Labute approximate surface area is 408 Å². The molecule has 71 heavy (non-hydrogen) atoms. The van der Waals surface area contributed by atoms with E-state index < -0.39 is 70.1 Å². The van der Waals surface area contributed by atoms with Crippen LogP contribution in [0.15, 0.2) is 122 Å². The molecule has 0 aliphatic heterocycles. The van der Waals surface area contributed by atoms with Gasteiger partial charge in [-0.1, -0.05) is 23.2 Å². The van der Waals surface area contributed by atoms with E-state index in [1.807, 2.05) is 5.32 Å². The second kappa shape index (κ2) is 25.2. The third-order valence-corrected chi connectivity index (χ3v) is 9.27. The molecule has 6 aromatic rings. The SMILES string of the molecule is CNC(=O)c1cc(Oc2ccc(N)cc2)ccn1.CNC(=O)c1cc(Oc2ccc(NC(=O)CC(=O)Nc3ccc(Cl)c(C(F)(F)F)c3)cc2)ccn1.O=C(O)CC(=O)Nc1ccc(Cl)c(C(F)(F)F)c1. The average molecular weight is 1030 g/mol. The van der Waals surface area contributed by atoms with Gasteiger partial charge in [0.1, 0.15) is 47.2 Å². The number of halogens is 8. The number of rotatable bonds is 13. The smallest absolute Gasteiger partial charge is 0.417 e. The van der Waals surface area contributed by atoms with E-state index in [2.05, 4.69) is 31.2 Å². The summed E-state index contributed by atoms with van der Waals surface area (Å²) in [6.07, 6.45) is -7.84. The van der Waals surface area contributed by atoms with Gasteiger partial charge in [0.25, 0.3) is 11.8 Å². The summed E-state index contributed by atoms with van der Waals surface area (Å²) in [4.78, 5) is 76.5. The number of carbonyl (C=O) groups is 6. The number of hydrogen-bond donors (Lipinski definition) is 7. The number of alkyl halides is 6. The first-order valence-electron chi connectivity index (χ1n) is 20.0. The Morgan fingerprint density at radius 2 is 0.901 bits per heavy atom. The number of nitrogens with one attached hydrogen (secondary N) is 5. The van der Waals surface area contributed by atoms with Gasteiger partial charge in [-0.25, -0.2) is 0 Å². The molecule has 4 aromatic carbocycles. The van der Waals surface area contributed by atoms with Gasteiger partial charge in [-0.2, -0.15) is 26.3 Å². The van der Waals surface area contributed by atoms with Crippen LogP contribution in [0.3, 0.4) is 0 Å². The van der Waals surface area contributed by atoms with Crippen LogP contribution in [0, 0.1) is 0 Å². The lowest BCUT2D eigenvalue weighted by molar-refractivity contribution is -0.140. The van der Waals surface area contributed by atoms with Crippen molar-refractivity contribution in [2.45, 2.75) is 25.2 Å². The van der Waals surface area contributed by atoms with Crippen molar-refractivity contribution in [2.75, 3.05) is 35.8 Å². The molecule has 0 bridgehead atoms. The lowest BCUT2D eigenvalue weighted by Gasteiger charge is -2.12. The maximum Gasteiger partial charge on any atom is 0.417 e. The van der Waals surface area contributed by atoms with Crippen molar-refractivity contribution >= 4 is 81.5 Å². The summed E-state index contributed by atoms with van der Waals surface area (Å²) in [5, 5.41) is 19.1. The molecule has 17 nitrogen and oxygen atoms in total. The number of benzene rings is 4. The van der Waals surface area contributed by atoms with Gasteiger partial charge in [0.2, 0.25) is 17.7 Å². The normalized spacial score (nSPS) is 10.7. The lowest BCUT2D eigenvalue weighted by atomic mass is 10.2. The minimum absolute atomic E-state index is 0.142. The Kier molecular flexibility index (Phi) is 19.6. The first kappa shape index (κ1) is 55.2. The third-order valence-electron chi connectivity index (χ3n) is 8.62. The molecular formula is C46H38Cl2F6N8O9. The summed E-state index contributed by atoms with van der Waals surface area (Å²) in [5.41, 5.74) is 4.60. The molecule has 0 unspecified atom stereocenters. The van der Waals surface area contributed by atoms with Crippen molar-refractivity contribution in [1.82, 2.24) is 20.6 Å². The summed E-state index contributed by atoms with van der Waals surface area (Å²) in [6.45, 7) is 0. The second-order valence-corrected chi connectivity index (χ2v) is 14.8. The predicted molar refractivity (Wildman–Crippen MR) is 248 cm³/mol. The summed E-state index contributed by atoms with van der Waals surface area (Å²) in [5.74, 6) is -2.40. The minimum atomic E-state index is -4.69. The predicted octanol–water partition coefficient (Wildman–Crippen LogP) is 9.46. The number of ether oxygens (including phenoxy) is 2. The Morgan fingerprint density at radius 3 is 1.28 bits per heavy atom. The van der Waals surface area contributed by atoms with Crippen LogP contribution >= 0.6 is 23.2 Å². The molecule has 2 aromatic heterocycles. The maximum atomic E-state index is 12.9. The fourth-order valence-electron chi connectivity index (χ4n) is 5.41. The van der Waals surface area contributed by atoms with Gasteiger partial charge < -0.3 is 46.9 Å². The summed E-state index contributed by atoms with van der Waals surface area (Å²) in [6, 6.07) is 25.1. The number of amides is 5. The number of nitrogen functional groups attached to an aromatic ring is 1. The van der Waals surface area contributed by atoms with Gasteiger partial charge in [0.15, 0.2) is 0 Å². The van der Waals surface area contributed by atoms with Crippen LogP contribution in [0.1, 0.15) is 44.9 Å². The third kappa shape index (κ3) is 18.2. The molecule has 5 amide bonds. The number of pyridine rings is 2. The average Bonchev–Trinajstić information content (AvgIpc) is 3.30. The van der Waals surface area contributed by atoms with E-state index in [1.165, 1.54) is 43.7 Å². The Balaban J connectivity index is 0.000000255. The highest BCUT2D eigenvalue weighted by atomic mass is 35.5.